The van der Waals surface area contributed by atoms with Crippen molar-refractivity contribution < 1.29 is 4.74 Å². The van der Waals surface area contributed by atoms with Crippen molar-refractivity contribution >= 4 is 11.6 Å². The van der Waals surface area contributed by atoms with Gasteiger partial charge in [0, 0.05) is 18.1 Å². The van der Waals surface area contributed by atoms with Crippen LogP contribution in [0.25, 0.3) is 0 Å². The zero-order valence-electron chi connectivity index (χ0n) is 12.2. The van der Waals surface area contributed by atoms with Crippen LogP contribution in [0.1, 0.15) is 37.3 Å². The van der Waals surface area contributed by atoms with Gasteiger partial charge in [0.1, 0.15) is 5.75 Å². The predicted molar refractivity (Wildman–Crippen MR) is 82.2 cm³/mol. The molecule has 2 aliphatic heterocycles. The molecule has 2 aliphatic rings. The van der Waals surface area contributed by atoms with Crippen molar-refractivity contribution in [3.8, 4) is 5.75 Å². The third kappa shape index (κ3) is 2.43. The van der Waals surface area contributed by atoms with E-state index in [2.05, 4.69) is 11.9 Å². The van der Waals surface area contributed by atoms with Gasteiger partial charge in [-0.05, 0) is 56.3 Å². The summed E-state index contributed by atoms with van der Waals surface area (Å²) in [7, 11) is 3.90. The third-order valence-corrected chi connectivity index (χ3v) is 5.51. The molecule has 0 aromatic heterocycles. The van der Waals surface area contributed by atoms with E-state index < -0.39 is 0 Å². The van der Waals surface area contributed by atoms with Gasteiger partial charge in [0.05, 0.1) is 12.1 Å². The summed E-state index contributed by atoms with van der Waals surface area (Å²) in [5, 5.41) is 0.645. The van der Waals surface area contributed by atoms with Gasteiger partial charge in [-0.2, -0.15) is 0 Å². The Morgan fingerprint density at radius 2 is 1.95 bits per heavy atom. The fourth-order valence-electron chi connectivity index (χ4n) is 3.90. The molecule has 3 nitrogen and oxygen atoms in total. The number of benzene rings is 1. The molecule has 0 amide bonds. The fraction of sp³-hybridized carbons (Fsp3) is 0.625. The van der Waals surface area contributed by atoms with E-state index in [9.17, 15) is 0 Å². The number of piperidine rings is 1. The van der Waals surface area contributed by atoms with E-state index in [0.717, 1.165) is 23.4 Å². The maximum Gasteiger partial charge on any atom is 0.137 e. The molecular formula is C16H23ClN2O. The smallest absolute Gasteiger partial charge is 0.137 e. The molecule has 0 radical (unpaired) electrons. The number of rotatable bonds is 3. The first-order chi connectivity index (χ1) is 9.60. The number of hydrogen-bond donors (Lipinski definition) is 1. The molecule has 2 N–H and O–H groups in total. The first-order valence-corrected chi connectivity index (χ1v) is 7.79. The van der Waals surface area contributed by atoms with Gasteiger partial charge >= 0.3 is 0 Å². The van der Waals surface area contributed by atoms with Crippen molar-refractivity contribution in [2.24, 2.45) is 11.7 Å². The second-order valence-electron chi connectivity index (χ2n) is 6.20. The van der Waals surface area contributed by atoms with Gasteiger partial charge in [0.2, 0.25) is 0 Å². The van der Waals surface area contributed by atoms with Crippen LogP contribution < -0.4 is 10.5 Å². The van der Waals surface area contributed by atoms with Crippen molar-refractivity contribution in [3.05, 3.63) is 28.8 Å². The average molecular weight is 295 g/mol. The lowest BCUT2D eigenvalue weighted by atomic mass is 9.82. The van der Waals surface area contributed by atoms with Gasteiger partial charge in [0.25, 0.3) is 0 Å². The lowest BCUT2D eigenvalue weighted by Gasteiger charge is -2.39. The molecule has 1 aromatic rings. The molecule has 3 unspecified atom stereocenters. The van der Waals surface area contributed by atoms with Crippen LogP contribution in [0.5, 0.6) is 5.75 Å². The van der Waals surface area contributed by atoms with Crippen LogP contribution in [-0.2, 0) is 0 Å². The topological polar surface area (TPSA) is 38.5 Å². The summed E-state index contributed by atoms with van der Waals surface area (Å²) in [4.78, 5) is 2.55. The minimum atomic E-state index is 0.0815. The van der Waals surface area contributed by atoms with Crippen LogP contribution >= 0.6 is 11.6 Å². The van der Waals surface area contributed by atoms with E-state index in [1.54, 1.807) is 7.11 Å². The van der Waals surface area contributed by atoms with E-state index in [1.807, 2.05) is 18.2 Å². The molecule has 3 atom stereocenters. The highest BCUT2D eigenvalue weighted by atomic mass is 35.5. The number of halogens is 1. The summed E-state index contributed by atoms with van der Waals surface area (Å²) in [5.41, 5.74) is 7.66. The van der Waals surface area contributed by atoms with Gasteiger partial charge in [-0.1, -0.05) is 17.7 Å². The van der Waals surface area contributed by atoms with Crippen LogP contribution in [-0.4, -0.2) is 31.1 Å². The highest BCUT2D eigenvalue weighted by Gasteiger charge is 2.40. The van der Waals surface area contributed by atoms with Crippen LogP contribution in [0.2, 0.25) is 5.02 Å². The van der Waals surface area contributed by atoms with Gasteiger partial charge in [-0.15, -0.1) is 0 Å². The SMILES string of the molecule is COc1cc(C(N)C2CC3CCC(C2)N3C)ccc1Cl. The zero-order valence-corrected chi connectivity index (χ0v) is 12.9. The summed E-state index contributed by atoms with van der Waals surface area (Å²) in [6.45, 7) is 0. The first-order valence-electron chi connectivity index (χ1n) is 7.41. The Morgan fingerprint density at radius 3 is 2.55 bits per heavy atom. The first kappa shape index (κ1) is 14.2. The fourth-order valence-corrected chi connectivity index (χ4v) is 4.10. The summed E-state index contributed by atoms with van der Waals surface area (Å²) in [6, 6.07) is 7.44. The average Bonchev–Trinajstić information content (AvgIpc) is 2.68. The Labute approximate surface area is 126 Å². The Hall–Kier alpha value is -0.770. The van der Waals surface area contributed by atoms with Crippen molar-refractivity contribution in [2.75, 3.05) is 14.2 Å². The van der Waals surface area contributed by atoms with Crippen molar-refractivity contribution in [3.63, 3.8) is 0 Å². The number of fused-ring (bicyclic) bond motifs is 2. The van der Waals surface area contributed by atoms with E-state index in [4.69, 9.17) is 22.1 Å². The summed E-state index contributed by atoms with van der Waals surface area (Å²) < 4.78 is 5.30. The summed E-state index contributed by atoms with van der Waals surface area (Å²) in [5.74, 6) is 1.28. The molecule has 2 bridgehead atoms. The van der Waals surface area contributed by atoms with E-state index in [0.29, 0.717) is 10.9 Å². The molecule has 0 spiro atoms. The maximum absolute atomic E-state index is 6.52. The molecule has 0 saturated carbocycles. The molecule has 20 heavy (non-hydrogen) atoms. The highest BCUT2D eigenvalue weighted by molar-refractivity contribution is 6.32. The minimum absolute atomic E-state index is 0.0815. The lowest BCUT2D eigenvalue weighted by Crippen LogP contribution is -2.42. The van der Waals surface area contributed by atoms with E-state index in [1.165, 1.54) is 25.7 Å². The van der Waals surface area contributed by atoms with Gasteiger partial charge in [-0.25, -0.2) is 0 Å². The molecule has 2 heterocycles. The maximum atomic E-state index is 6.52. The largest absolute Gasteiger partial charge is 0.495 e. The van der Waals surface area contributed by atoms with E-state index in [-0.39, 0.29) is 6.04 Å². The van der Waals surface area contributed by atoms with Gasteiger partial charge in [0.15, 0.2) is 0 Å². The third-order valence-electron chi connectivity index (χ3n) is 5.20. The normalized spacial score (nSPS) is 31.3. The Kier molecular flexibility index (Phi) is 3.93. The van der Waals surface area contributed by atoms with Gasteiger partial charge in [-0.3, -0.25) is 0 Å². The quantitative estimate of drug-likeness (QED) is 0.930. The standard InChI is InChI=1S/C16H23ClN2O/c1-19-12-4-5-13(19)8-11(7-12)16(18)10-3-6-14(17)15(9-10)20-2/h3,6,9,11-13,16H,4-5,7-8,18H2,1-2H3. The summed E-state index contributed by atoms with van der Waals surface area (Å²) >= 11 is 6.09. The molecule has 2 saturated heterocycles. The molecular weight excluding hydrogens is 272 g/mol. The molecule has 3 rings (SSSR count). The van der Waals surface area contributed by atoms with Crippen LogP contribution in [0.15, 0.2) is 18.2 Å². The summed E-state index contributed by atoms with van der Waals surface area (Å²) in [6.07, 6.45) is 5.07. The minimum Gasteiger partial charge on any atom is -0.495 e. The Bertz CT molecular complexity index is 479. The number of ether oxygens (including phenoxy) is 1. The second-order valence-corrected chi connectivity index (χ2v) is 6.61. The monoisotopic (exact) mass is 294 g/mol. The van der Waals surface area contributed by atoms with Crippen LogP contribution in [0, 0.1) is 5.92 Å². The van der Waals surface area contributed by atoms with Crippen molar-refractivity contribution in [2.45, 2.75) is 43.8 Å². The Balaban J connectivity index is 1.78. The predicted octanol–water partition coefficient (Wildman–Crippen LogP) is 3.22. The Morgan fingerprint density at radius 1 is 1.30 bits per heavy atom. The van der Waals surface area contributed by atoms with Crippen LogP contribution in [0.3, 0.4) is 0 Å². The molecule has 110 valence electrons. The lowest BCUT2D eigenvalue weighted by molar-refractivity contribution is 0.121. The molecule has 0 aliphatic carbocycles. The second kappa shape index (κ2) is 5.55. The van der Waals surface area contributed by atoms with Crippen molar-refractivity contribution in [1.82, 2.24) is 4.90 Å². The number of nitrogens with two attached hydrogens (primary N) is 1. The molecule has 1 aromatic carbocycles. The van der Waals surface area contributed by atoms with E-state index >= 15 is 0 Å². The number of hydrogen-bond acceptors (Lipinski definition) is 3. The molecule has 4 heteroatoms. The highest BCUT2D eigenvalue weighted by Crippen LogP contribution is 2.42. The number of nitrogens with zero attached hydrogens (tertiary/aromatic N) is 1. The zero-order chi connectivity index (χ0) is 14.3. The van der Waals surface area contributed by atoms with Crippen molar-refractivity contribution in [1.29, 1.82) is 0 Å². The number of methoxy groups -OCH3 is 1. The van der Waals surface area contributed by atoms with Crippen LogP contribution in [0.4, 0.5) is 0 Å². The van der Waals surface area contributed by atoms with Gasteiger partial charge < -0.3 is 15.4 Å². The molecule has 2 fully saturated rings.